The molecule has 0 unspecified atom stereocenters. The van der Waals surface area contributed by atoms with Gasteiger partial charge in [0.05, 0.1) is 5.69 Å². The Morgan fingerprint density at radius 3 is 2.47 bits per heavy atom. The molecule has 7 heteroatoms. The highest BCUT2D eigenvalue weighted by Gasteiger charge is 2.19. The first-order valence-electron chi connectivity index (χ1n) is 10.9. The van der Waals surface area contributed by atoms with Gasteiger partial charge in [-0.3, -0.25) is 4.79 Å². The highest BCUT2D eigenvalue weighted by molar-refractivity contribution is 5.94. The number of nitrogens with one attached hydrogen (secondary N) is 2. The zero-order chi connectivity index (χ0) is 22.3. The van der Waals surface area contributed by atoms with Crippen LogP contribution in [-0.2, 0) is 17.8 Å². The molecule has 0 aliphatic carbocycles. The highest BCUT2D eigenvalue weighted by atomic mass is 19.1. The number of carbonyl (C=O) groups excluding carboxylic acids is 1. The predicted molar refractivity (Wildman–Crippen MR) is 123 cm³/mol. The van der Waals surface area contributed by atoms with Gasteiger partial charge in [0.1, 0.15) is 17.5 Å². The summed E-state index contributed by atoms with van der Waals surface area (Å²) in [6.45, 7) is 2.30. The van der Waals surface area contributed by atoms with Crippen LogP contribution in [0, 0.1) is 11.6 Å². The van der Waals surface area contributed by atoms with E-state index >= 15 is 0 Å². The lowest BCUT2D eigenvalue weighted by atomic mass is 10.1. The number of hydrogen-bond acceptors (Lipinski definition) is 4. The molecule has 2 heterocycles. The first-order valence-corrected chi connectivity index (χ1v) is 10.9. The Morgan fingerprint density at radius 1 is 0.938 bits per heavy atom. The number of hydrogen-bond donors (Lipinski definition) is 2. The zero-order valence-electron chi connectivity index (χ0n) is 17.8. The number of nitrogens with zero attached hydrogens (tertiary/aromatic N) is 2. The summed E-state index contributed by atoms with van der Waals surface area (Å²) < 4.78 is 26.5. The quantitative estimate of drug-likeness (QED) is 0.513. The first kappa shape index (κ1) is 21.7. The Bertz CT molecular complexity index is 1070. The Balaban J connectivity index is 1.43. The van der Waals surface area contributed by atoms with Crippen LogP contribution in [0.15, 0.2) is 60.7 Å². The molecule has 3 aromatic rings. The van der Waals surface area contributed by atoms with Crippen molar-refractivity contribution < 1.29 is 13.6 Å². The second-order valence-corrected chi connectivity index (χ2v) is 7.92. The number of rotatable bonds is 8. The summed E-state index contributed by atoms with van der Waals surface area (Å²) in [4.78, 5) is 19.5. The number of amides is 1. The van der Waals surface area contributed by atoms with Crippen LogP contribution in [0.2, 0.25) is 0 Å². The molecule has 0 bridgehead atoms. The molecule has 1 saturated heterocycles. The van der Waals surface area contributed by atoms with E-state index < -0.39 is 0 Å². The molecule has 1 aromatic heterocycles. The smallest absolute Gasteiger partial charge is 0.224 e. The van der Waals surface area contributed by atoms with Crippen LogP contribution in [-0.4, -0.2) is 24.0 Å². The van der Waals surface area contributed by atoms with Gasteiger partial charge in [-0.1, -0.05) is 24.3 Å². The molecule has 0 atom stereocenters. The van der Waals surface area contributed by atoms with Crippen molar-refractivity contribution in [3.05, 3.63) is 83.4 Å². The third kappa shape index (κ3) is 5.81. The van der Waals surface area contributed by atoms with Crippen molar-refractivity contribution in [2.24, 2.45) is 0 Å². The van der Waals surface area contributed by atoms with Crippen LogP contribution in [0.3, 0.4) is 0 Å². The fourth-order valence-electron chi connectivity index (χ4n) is 3.77. The average molecular weight is 437 g/mol. The van der Waals surface area contributed by atoms with Gasteiger partial charge in [-0.25, -0.2) is 13.8 Å². The van der Waals surface area contributed by atoms with Crippen molar-refractivity contribution in [3.63, 3.8) is 0 Å². The van der Waals surface area contributed by atoms with Gasteiger partial charge in [-0.2, -0.15) is 0 Å². The van der Waals surface area contributed by atoms with Crippen molar-refractivity contribution in [1.82, 2.24) is 4.98 Å². The number of halogens is 2. The number of pyridine rings is 1. The van der Waals surface area contributed by atoms with Crippen molar-refractivity contribution in [2.45, 2.75) is 32.2 Å². The molecule has 1 fully saturated rings. The van der Waals surface area contributed by atoms with E-state index in [1.165, 1.54) is 24.3 Å². The number of aryl methyl sites for hydroxylation is 1. The fraction of sp³-hybridized carbons (Fsp3) is 0.280. The normalized spacial score (nSPS) is 13.2. The van der Waals surface area contributed by atoms with Crippen molar-refractivity contribution in [1.29, 1.82) is 0 Å². The lowest BCUT2D eigenvalue weighted by Gasteiger charge is -2.21. The third-order valence-electron chi connectivity index (χ3n) is 5.47. The van der Waals surface area contributed by atoms with E-state index in [9.17, 15) is 13.6 Å². The summed E-state index contributed by atoms with van der Waals surface area (Å²) in [6.07, 6.45) is 2.89. The Labute approximate surface area is 186 Å². The Morgan fingerprint density at radius 2 is 1.72 bits per heavy atom. The molecular formula is C25H26F2N4O. The van der Waals surface area contributed by atoms with Gasteiger partial charge < -0.3 is 15.5 Å². The Kier molecular flexibility index (Phi) is 6.94. The zero-order valence-corrected chi connectivity index (χ0v) is 17.8. The molecule has 1 aliphatic rings. The summed E-state index contributed by atoms with van der Waals surface area (Å²) in [5.41, 5.74) is 2.41. The molecule has 0 spiro atoms. The molecule has 5 nitrogen and oxygen atoms in total. The number of benzene rings is 2. The average Bonchev–Trinajstić information content (AvgIpc) is 3.33. The molecule has 2 N–H and O–H groups in total. The van der Waals surface area contributed by atoms with E-state index in [0.29, 0.717) is 24.5 Å². The SMILES string of the molecule is O=C(CCc1cccc(F)c1)Nc1ccc(NCc2ccc(F)cc2)nc1N1CCCC1. The molecular weight excluding hydrogens is 410 g/mol. The summed E-state index contributed by atoms with van der Waals surface area (Å²) in [5.74, 6) is 0.732. The maximum atomic E-state index is 13.4. The van der Waals surface area contributed by atoms with Gasteiger partial charge in [0, 0.05) is 26.1 Å². The van der Waals surface area contributed by atoms with Crippen LogP contribution in [0.5, 0.6) is 0 Å². The van der Waals surface area contributed by atoms with Crippen molar-refractivity contribution in [2.75, 3.05) is 28.6 Å². The molecule has 0 radical (unpaired) electrons. The van der Waals surface area contributed by atoms with E-state index in [-0.39, 0.29) is 24.0 Å². The van der Waals surface area contributed by atoms with Gasteiger partial charge in [-0.15, -0.1) is 0 Å². The van der Waals surface area contributed by atoms with E-state index in [4.69, 9.17) is 4.98 Å². The number of aromatic nitrogens is 1. The lowest BCUT2D eigenvalue weighted by molar-refractivity contribution is -0.116. The van der Waals surface area contributed by atoms with Crippen LogP contribution in [0.1, 0.15) is 30.4 Å². The largest absolute Gasteiger partial charge is 0.366 e. The second kappa shape index (κ2) is 10.2. The maximum Gasteiger partial charge on any atom is 0.224 e. The van der Waals surface area contributed by atoms with Gasteiger partial charge in [0.2, 0.25) is 5.91 Å². The van der Waals surface area contributed by atoms with Gasteiger partial charge in [0.15, 0.2) is 5.82 Å². The molecule has 1 aliphatic heterocycles. The summed E-state index contributed by atoms with van der Waals surface area (Å²) in [5, 5.41) is 6.24. The molecule has 0 saturated carbocycles. The topological polar surface area (TPSA) is 57.3 Å². The predicted octanol–water partition coefficient (Wildman–Crippen LogP) is 5.14. The van der Waals surface area contributed by atoms with Gasteiger partial charge in [0.25, 0.3) is 0 Å². The van der Waals surface area contributed by atoms with Crippen LogP contribution >= 0.6 is 0 Å². The summed E-state index contributed by atoms with van der Waals surface area (Å²) in [7, 11) is 0. The van der Waals surface area contributed by atoms with Crippen molar-refractivity contribution in [3.8, 4) is 0 Å². The monoisotopic (exact) mass is 436 g/mol. The number of carbonyl (C=O) groups is 1. The second-order valence-electron chi connectivity index (χ2n) is 7.92. The standard InChI is InChI=1S/C25H26F2N4O/c26-20-9-6-19(7-10-20)17-28-23-12-11-22(25(30-23)31-14-1-2-15-31)29-24(32)13-8-18-4-3-5-21(27)16-18/h3-7,9-12,16H,1-2,8,13-15,17H2,(H,28,30)(H,29,32). The fourth-order valence-corrected chi connectivity index (χ4v) is 3.77. The van der Waals surface area contributed by atoms with E-state index in [1.807, 2.05) is 18.2 Å². The van der Waals surface area contributed by atoms with Crippen LogP contribution < -0.4 is 15.5 Å². The van der Waals surface area contributed by atoms with E-state index in [1.54, 1.807) is 18.2 Å². The maximum absolute atomic E-state index is 13.4. The lowest BCUT2D eigenvalue weighted by Crippen LogP contribution is -2.23. The van der Waals surface area contributed by atoms with Crippen molar-refractivity contribution >= 4 is 23.2 Å². The highest BCUT2D eigenvalue weighted by Crippen LogP contribution is 2.29. The van der Waals surface area contributed by atoms with E-state index in [2.05, 4.69) is 15.5 Å². The molecule has 2 aromatic carbocycles. The van der Waals surface area contributed by atoms with Crippen LogP contribution in [0.4, 0.5) is 26.1 Å². The first-order chi connectivity index (χ1) is 15.6. The van der Waals surface area contributed by atoms with Gasteiger partial charge in [-0.05, 0) is 66.8 Å². The van der Waals surface area contributed by atoms with Gasteiger partial charge >= 0.3 is 0 Å². The molecule has 32 heavy (non-hydrogen) atoms. The third-order valence-corrected chi connectivity index (χ3v) is 5.47. The van der Waals surface area contributed by atoms with Crippen LogP contribution in [0.25, 0.3) is 0 Å². The minimum absolute atomic E-state index is 0.136. The molecule has 166 valence electrons. The molecule has 1 amide bonds. The number of anilines is 3. The van der Waals surface area contributed by atoms with E-state index in [0.717, 1.165) is 42.9 Å². The minimum Gasteiger partial charge on any atom is -0.366 e. The molecule has 4 rings (SSSR count). The summed E-state index contributed by atoms with van der Waals surface area (Å²) >= 11 is 0. The Hall–Kier alpha value is -3.48. The minimum atomic E-state index is -0.299. The summed E-state index contributed by atoms with van der Waals surface area (Å²) in [6, 6.07) is 16.3.